The van der Waals surface area contributed by atoms with Gasteiger partial charge in [-0.3, -0.25) is 4.79 Å². The van der Waals surface area contributed by atoms with Crippen LogP contribution in [-0.2, 0) is 5.54 Å². The van der Waals surface area contributed by atoms with Gasteiger partial charge in [0.1, 0.15) is 0 Å². The minimum absolute atomic E-state index is 0.0475. The van der Waals surface area contributed by atoms with Gasteiger partial charge in [0.05, 0.1) is 0 Å². The van der Waals surface area contributed by atoms with Crippen molar-refractivity contribution in [2.24, 2.45) is 5.73 Å². The molecule has 0 spiro atoms. The molecule has 3 nitrogen and oxygen atoms in total. The molecule has 1 aliphatic carbocycles. The summed E-state index contributed by atoms with van der Waals surface area (Å²) >= 11 is 0. The average molecular weight is 200 g/mol. The standard InChI is InChI=1S/C12H12N2O/c13-12(5-6-12)9-7-8-3-1-2-4-10(8)14-11(9)15/h1-4,7H,5-6,13H2,(H,14,15). The van der Waals surface area contributed by atoms with Crippen LogP contribution in [0.15, 0.2) is 35.1 Å². The number of nitrogens with two attached hydrogens (primary N) is 1. The van der Waals surface area contributed by atoms with Crippen molar-refractivity contribution in [3.63, 3.8) is 0 Å². The molecule has 2 aromatic rings. The van der Waals surface area contributed by atoms with Crippen LogP contribution in [0.5, 0.6) is 0 Å². The highest BCUT2D eigenvalue weighted by atomic mass is 16.1. The van der Waals surface area contributed by atoms with Gasteiger partial charge in [-0.25, -0.2) is 0 Å². The zero-order chi connectivity index (χ0) is 10.5. The summed E-state index contributed by atoms with van der Waals surface area (Å²) in [5.74, 6) is 0. The van der Waals surface area contributed by atoms with E-state index in [2.05, 4.69) is 4.98 Å². The van der Waals surface area contributed by atoms with Gasteiger partial charge < -0.3 is 10.7 Å². The van der Waals surface area contributed by atoms with Crippen LogP contribution in [-0.4, -0.2) is 4.98 Å². The maximum absolute atomic E-state index is 11.8. The second-order valence-corrected chi connectivity index (χ2v) is 4.26. The summed E-state index contributed by atoms with van der Waals surface area (Å²) < 4.78 is 0. The van der Waals surface area contributed by atoms with Gasteiger partial charge in [-0.15, -0.1) is 0 Å². The second-order valence-electron chi connectivity index (χ2n) is 4.26. The van der Waals surface area contributed by atoms with Crippen LogP contribution < -0.4 is 11.3 Å². The Hall–Kier alpha value is -1.61. The molecular weight excluding hydrogens is 188 g/mol. The summed E-state index contributed by atoms with van der Waals surface area (Å²) in [7, 11) is 0. The van der Waals surface area contributed by atoms with E-state index in [4.69, 9.17) is 5.73 Å². The lowest BCUT2D eigenvalue weighted by atomic mass is 10.1. The fourth-order valence-electron chi connectivity index (χ4n) is 1.92. The first-order chi connectivity index (χ1) is 7.19. The maximum atomic E-state index is 11.8. The molecule has 15 heavy (non-hydrogen) atoms. The molecule has 0 atom stereocenters. The molecule has 76 valence electrons. The van der Waals surface area contributed by atoms with Crippen molar-refractivity contribution < 1.29 is 0 Å². The minimum Gasteiger partial charge on any atom is -0.322 e. The zero-order valence-electron chi connectivity index (χ0n) is 8.29. The van der Waals surface area contributed by atoms with Gasteiger partial charge >= 0.3 is 0 Å². The van der Waals surface area contributed by atoms with Crippen LogP contribution in [0.3, 0.4) is 0 Å². The summed E-state index contributed by atoms with van der Waals surface area (Å²) in [5, 5.41) is 1.05. The van der Waals surface area contributed by atoms with Crippen molar-refractivity contribution in [3.8, 4) is 0 Å². The lowest BCUT2D eigenvalue weighted by Crippen LogP contribution is -2.28. The summed E-state index contributed by atoms with van der Waals surface area (Å²) in [4.78, 5) is 14.7. The van der Waals surface area contributed by atoms with Crippen molar-refractivity contribution in [1.29, 1.82) is 0 Å². The van der Waals surface area contributed by atoms with Crippen molar-refractivity contribution >= 4 is 10.9 Å². The van der Waals surface area contributed by atoms with E-state index in [1.54, 1.807) is 0 Å². The Kier molecular flexibility index (Phi) is 1.56. The largest absolute Gasteiger partial charge is 0.322 e. The number of rotatable bonds is 1. The normalized spacial score (nSPS) is 17.9. The third-order valence-electron chi connectivity index (χ3n) is 3.08. The van der Waals surface area contributed by atoms with Gasteiger partial charge in [0.15, 0.2) is 0 Å². The quantitative estimate of drug-likeness (QED) is 0.732. The molecule has 0 unspecified atom stereocenters. The SMILES string of the molecule is NC1(c2cc3ccccc3[nH]c2=O)CC1. The van der Waals surface area contributed by atoms with Gasteiger partial charge in [-0.1, -0.05) is 18.2 Å². The first-order valence-corrected chi connectivity index (χ1v) is 5.10. The smallest absolute Gasteiger partial charge is 0.253 e. The molecule has 1 aromatic carbocycles. The number of aromatic nitrogens is 1. The van der Waals surface area contributed by atoms with Gasteiger partial charge in [0.25, 0.3) is 5.56 Å². The van der Waals surface area contributed by atoms with E-state index < -0.39 is 0 Å². The van der Waals surface area contributed by atoms with E-state index in [1.807, 2.05) is 30.3 Å². The fourth-order valence-corrected chi connectivity index (χ4v) is 1.92. The molecule has 1 heterocycles. The summed E-state index contributed by atoms with van der Waals surface area (Å²) in [5.41, 5.74) is 7.22. The Morgan fingerprint density at radius 1 is 1.27 bits per heavy atom. The summed E-state index contributed by atoms with van der Waals surface area (Å²) in [6.45, 7) is 0. The molecule has 0 radical (unpaired) electrons. The van der Waals surface area contributed by atoms with Crippen molar-refractivity contribution in [1.82, 2.24) is 4.98 Å². The number of fused-ring (bicyclic) bond motifs is 1. The fraction of sp³-hybridized carbons (Fsp3) is 0.250. The number of para-hydroxylation sites is 1. The Morgan fingerprint density at radius 2 is 2.00 bits per heavy atom. The van der Waals surface area contributed by atoms with Crippen LogP contribution >= 0.6 is 0 Å². The van der Waals surface area contributed by atoms with Crippen LogP contribution in [0.25, 0.3) is 10.9 Å². The average Bonchev–Trinajstić information content (AvgIpc) is 2.96. The lowest BCUT2D eigenvalue weighted by molar-refractivity contribution is 0.728. The first kappa shape index (κ1) is 8.68. The van der Waals surface area contributed by atoms with E-state index >= 15 is 0 Å². The highest BCUT2D eigenvalue weighted by Gasteiger charge is 2.42. The van der Waals surface area contributed by atoms with Gasteiger partial charge in [0, 0.05) is 16.6 Å². The number of hydrogen-bond donors (Lipinski definition) is 2. The minimum atomic E-state index is -0.363. The van der Waals surface area contributed by atoms with Crippen molar-refractivity contribution in [2.75, 3.05) is 0 Å². The van der Waals surface area contributed by atoms with E-state index in [0.717, 1.165) is 29.3 Å². The third kappa shape index (κ3) is 1.27. The van der Waals surface area contributed by atoms with Crippen LogP contribution in [0.2, 0.25) is 0 Å². The Labute approximate surface area is 86.9 Å². The number of H-pyrrole nitrogens is 1. The topological polar surface area (TPSA) is 58.9 Å². The van der Waals surface area contributed by atoms with Gasteiger partial charge in [0.2, 0.25) is 0 Å². The highest BCUT2D eigenvalue weighted by Crippen LogP contribution is 2.41. The predicted molar refractivity (Wildman–Crippen MR) is 59.7 cm³/mol. The Bertz CT molecular complexity index is 581. The molecule has 0 bridgehead atoms. The molecule has 1 aliphatic rings. The molecule has 1 saturated carbocycles. The zero-order valence-corrected chi connectivity index (χ0v) is 8.29. The molecule has 3 rings (SSSR count). The van der Waals surface area contributed by atoms with E-state index in [1.165, 1.54) is 0 Å². The molecule has 1 aromatic heterocycles. The molecular formula is C12H12N2O. The highest BCUT2D eigenvalue weighted by molar-refractivity contribution is 5.79. The van der Waals surface area contributed by atoms with Crippen molar-refractivity contribution in [3.05, 3.63) is 46.2 Å². The summed E-state index contributed by atoms with van der Waals surface area (Å²) in [6.07, 6.45) is 1.82. The first-order valence-electron chi connectivity index (χ1n) is 5.10. The second kappa shape index (κ2) is 2.70. The van der Waals surface area contributed by atoms with Crippen molar-refractivity contribution in [2.45, 2.75) is 18.4 Å². The monoisotopic (exact) mass is 200 g/mol. The molecule has 3 heteroatoms. The Morgan fingerprint density at radius 3 is 2.73 bits per heavy atom. The van der Waals surface area contributed by atoms with Gasteiger partial charge in [-0.05, 0) is 30.4 Å². The summed E-state index contributed by atoms with van der Waals surface area (Å²) in [6, 6.07) is 9.67. The van der Waals surface area contributed by atoms with E-state index in [9.17, 15) is 4.79 Å². The number of pyridine rings is 1. The third-order valence-corrected chi connectivity index (χ3v) is 3.08. The molecule has 0 aliphatic heterocycles. The Balaban J connectivity index is 2.32. The van der Waals surface area contributed by atoms with Crippen LogP contribution in [0.4, 0.5) is 0 Å². The van der Waals surface area contributed by atoms with Crippen LogP contribution in [0.1, 0.15) is 18.4 Å². The van der Waals surface area contributed by atoms with E-state index in [-0.39, 0.29) is 11.1 Å². The number of nitrogens with one attached hydrogen (secondary N) is 1. The maximum Gasteiger partial charge on any atom is 0.253 e. The van der Waals surface area contributed by atoms with Crippen LogP contribution in [0, 0.1) is 0 Å². The molecule has 0 amide bonds. The number of hydrogen-bond acceptors (Lipinski definition) is 2. The lowest BCUT2D eigenvalue weighted by Gasteiger charge is -2.08. The molecule has 0 saturated heterocycles. The number of benzene rings is 1. The molecule has 3 N–H and O–H groups in total. The van der Waals surface area contributed by atoms with Gasteiger partial charge in [-0.2, -0.15) is 0 Å². The van der Waals surface area contributed by atoms with E-state index in [0.29, 0.717) is 0 Å². The molecule has 1 fully saturated rings. The number of aromatic amines is 1. The predicted octanol–water partition coefficient (Wildman–Crippen LogP) is 1.48.